The third-order valence-corrected chi connectivity index (χ3v) is 7.16. The fourth-order valence-corrected chi connectivity index (χ4v) is 5.27. The summed E-state index contributed by atoms with van der Waals surface area (Å²) in [4.78, 5) is 9.99. The molecule has 0 amide bonds. The van der Waals surface area contributed by atoms with Crippen molar-refractivity contribution < 1.29 is 0 Å². The standard InChI is InChI=1S/C36H25N3/c1-2-25-20-21-31-30-18-9-10-19-34(30)39(35(31)22-25)29-17-11-16-28(23-29)33-24-32(26-12-5-3-6-13-26)37-36(38-33)27-14-7-4-8-15-27/h2-24H,1H2. The summed E-state index contributed by atoms with van der Waals surface area (Å²) in [6.45, 7) is 3.99. The number of fused-ring (bicyclic) bond motifs is 3. The molecule has 5 aromatic carbocycles. The van der Waals surface area contributed by atoms with Crippen LogP contribution in [0.3, 0.4) is 0 Å². The molecule has 0 aliphatic heterocycles. The van der Waals surface area contributed by atoms with Gasteiger partial charge in [-0.3, -0.25) is 0 Å². The van der Waals surface area contributed by atoms with E-state index < -0.39 is 0 Å². The zero-order valence-electron chi connectivity index (χ0n) is 21.3. The first-order valence-electron chi connectivity index (χ1n) is 13.0. The Morgan fingerprint density at radius 1 is 0.513 bits per heavy atom. The molecule has 184 valence electrons. The minimum absolute atomic E-state index is 0.713. The van der Waals surface area contributed by atoms with Crippen molar-refractivity contribution in [2.45, 2.75) is 0 Å². The van der Waals surface area contributed by atoms with Crippen molar-refractivity contribution in [1.82, 2.24) is 14.5 Å². The highest BCUT2D eigenvalue weighted by Gasteiger charge is 2.15. The quantitative estimate of drug-likeness (QED) is 0.236. The molecule has 7 aromatic rings. The highest BCUT2D eigenvalue weighted by Crippen LogP contribution is 2.34. The molecular formula is C36H25N3. The SMILES string of the molecule is C=Cc1ccc2c3ccccc3n(-c3cccc(-c4cc(-c5ccccc5)nc(-c5ccccc5)n4)c3)c2c1. The highest BCUT2D eigenvalue weighted by molar-refractivity contribution is 6.09. The Hall–Kier alpha value is -5.28. The van der Waals surface area contributed by atoms with E-state index in [2.05, 4.69) is 108 Å². The lowest BCUT2D eigenvalue weighted by Crippen LogP contribution is -1.98. The summed E-state index contributed by atoms with van der Waals surface area (Å²) in [5.74, 6) is 0.713. The predicted octanol–water partition coefficient (Wildman–Crippen LogP) is 9.22. The Morgan fingerprint density at radius 3 is 1.92 bits per heavy atom. The van der Waals surface area contributed by atoms with Gasteiger partial charge in [-0.05, 0) is 35.9 Å². The van der Waals surface area contributed by atoms with Crippen LogP contribution < -0.4 is 0 Å². The van der Waals surface area contributed by atoms with E-state index in [4.69, 9.17) is 9.97 Å². The Bertz CT molecular complexity index is 1910. The summed E-state index contributed by atoms with van der Waals surface area (Å²) >= 11 is 0. The van der Waals surface area contributed by atoms with Gasteiger partial charge in [0.2, 0.25) is 0 Å². The molecule has 3 heteroatoms. The van der Waals surface area contributed by atoms with E-state index in [0.29, 0.717) is 5.82 Å². The van der Waals surface area contributed by atoms with E-state index in [1.54, 1.807) is 0 Å². The average Bonchev–Trinajstić information content (AvgIpc) is 3.35. The van der Waals surface area contributed by atoms with Gasteiger partial charge in [-0.2, -0.15) is 0 Å². The number of benzene rings is 5. The summed E-state index contributed by atoms with van der Waals surface area (Å²) in [7, 11) is 0. The molecule has 0 unspecified atom stereocenters. The summed E-state index contributed by atoms with van der Waals surface area (Å²) in [6.07, 6.45) is 1.90. The van der Waals surface area contributed by atoms with Gasteiger partial charge in [0.15, 0.2) is 5.82 Å². The zero-order chi connectivity index (χ0) is 26.2. The van der Waals surface area contributed by atoms with Crippen molar-refractivity contribution >= 4 is 27.9 Å². The number of rotatable bonds is 5. The molecule has 0 aliphatic rings. The first-order valence-corrected chi connectivity index (χ1v) is 13.0. The van der Waals surface area contributed by atoms with Crippen LogP contribution in [0.5, 0.6) is 0 Å². The molecule has 0 N–H and O–H groups in total. The predicted molar refractivity (Wildman–Crippen MR) is 163 cm³/mol. The maximum absolute atomic E-state index is 5.04. The largest absolute Gasteiger partial charge is 0.309 e. The van der Waals surface area contributed by atoms with Crippen molar-refractivity contribution in [2.24, 2.45) is 0 Å². The van der Waals surface area contributed by atoms with E-state index in [0.717, 1.165) is 44.8 Å². The molecule has 0 spiro atoms. The first-order chi connectivity index (χ1) is 19.3. The van der Waals surface area contributed by atoms with E-state index in [1.807, 2.05) is 42.5 Å². The Kier molecular flexibility index (Phi) is 5.60. The number of hydrogen-bond acceptors (Lipinski definition) is 2. The van der Waals surface area contributed by atoms with Crippen LogP contribution >= 0.6 is 0 Å². The molecule has 39 heavy (non-hydrogen) atoms. The van der Waals surface area contributed by atoms with Gasteiger partial charge in [-0.15, -0.1) is 0 Å². The summed E-state index contributed by atoms with van der Waals surface area (Å²) in [6, 6.07) is 46.2. The second-order valence-electron chi connectivity index (χ2n) is 9.58. The van der Waals surface area contributed by atoms with Gasteiger partial charge >= 0.3 is 0 Å². The molecule has 7 rings (SSSR count). The van der Waals surface area contributed by atoms with Crippen molar-refractivity contribution in [3.05, 3.63) is 146 Å². The molecule has 0 atom stereocenters. The Morgan fingerprint density at radius 2 is 1.15 bits per heavy atom. The van der Waals surface area contributed by atoms with Gasteiger partial charge in [0.1, 0.15) is 0 Å². The molecule has 0 radical (unpaired) electrons. The third-order valence-electron chi connectivity index (χ3n) is 7.16. The molecular weight excluding hydrogens is 474 g/mol. The van der Waals surface area contributed by atoms with E-state index in [-0.39, 0.29) is 0 Å². The summed E-state index contributed by atoms with van der Waals surface area (Å²) in [5, 5.41) is 2.45. The smallest absolute Gasteiger partial charge is 0.160 e. The number of hydrogen-bond donors (Lipinski definition) is 0. The van der Waals surface area contributed by atoms with Gasteiger partial charge in [0.25, 0.3) is 0 Å². The number of para-hydroxylation sites is 1. The number of nitrogens with zero attached hydrogens (tertiary/aromatic N) is 3. The van der Waals surface area contributed by atoms with Crippen LogP contribution in [0, 0.1) is 0 Å². The lowest BCUT2D eigenvalue weighted by atomic mass is 10.1. The minimum atomic E-state index is 0.713. The topological polar surface area (TPSA) is 30.7 Å². The zero-order valence-corrected chi connectivity index (χ0v) is 21.3. The van der Waals surface area contributed by atoms with Crippen LogP contribution in [0.2, 0.25) is 0 Å². The van der Waals surface area contributed by atoms with E-state index in [9.17, 15) is 0 Å². The lowest BCUT2D eigenvalue weighted by molar-refractivity contribution is 1.16. The monoisotopic (exact) mass is 499 g/mol. The maximum Gasteiger partial charge on any atom is 0.160 e. The molecule has 3 nitrogen and oxygen atoms in total. The van der Waals surface area contributed by atoms with Crippen LogP contribution in [0.15, 0.2) is 140 Å². The van der Waals surface area contributed by atoms with Gasteiger partial charge in [-0.25, -0.2) is 9.97 Å². The highest BCUT2D eigenvalue weighted by atomic mass is 15.0. The van der Waals surface area contributed by atoms with Gasteiger partial charge < -0.3 is 4.57 Å². The second kappa shape index (κ2) is 9.55. The van der Waals surface area contributed by atoms with Gasteiger partial charge in [0.05, 0.1) is 22.4 Å². The second-order valence-corrected chi connectivity index (χ2v) is 9.58. The first kappa shape index (κ1) is 22.9. The minimum Gasteiger partial charge on any atom is -0.309 e. The Balaban J connectivity index is 1.44. The molecule has 0 fully saturated rings. The van der Waals surface area contributed by atoms with E-state index >= 15 is 0 Å². The van der Waals surface area contributed by atoms with Crippen LogP contribution in [-0.2, 0) is 0 Å². The molecule has 0 aliphatic carbocycles. The van der Waals surface area contributed by atoms with Crippen LogP contribution in [0.25, 0.3) is 67.5 Å². The number of aromatic nitrogens is 3. The van der Waals surface area contributed by atoms with Crippen LogP contribution in [0.1, 0.15) is 5.56 Å². The average molecular weight is 500 g/mol. The molecule has 2 heterocycles. The van der Waals surface area contributed by atoms with Gasteiger partial charge in [0, 0.05) is 33.2 Å². The Labute approximate surface area is 227 Å². The van der Waals surface area contributed by atoms with Crippen molar-refractivity contribution in [1.29, 1.82) is 0 Å². The fraction of sp³-hybridized carbons (Fsp3) is 0. The molecule has 0 bridgehead atoms. The van der Waals surface area contributed by atoms with Gasteiger partial charge in [-0.1, -0.05) is 116 Å². The third kappa shape index (κ3) is 4.11. The maximum atomic E-state index is 5.04. The molecule has 0 saturated heterocycles. The van der Waals surface area contributed by atoms with Crippen LogP contribution in [0.4, 0.5) is 0 Å². The van der Waals surface area contributed by atoms with Crippen molar-refractivity contribution in [3.63, 3.8) is 0 Å². The normalized spacial score (nSPS) is 11.2. The lowest BCUT2D eigenvalue weighted by Gasteiger charge is -2.12. The fourth-order valence-electron chi connectivity index (χ4n) is 5.27. The van der Waals surface area contributed by atoms with E-state index in [1.165, 1.54) is 16.3 Å². The van der Waals surface area contributed by atoms with Crippen molar-refractivity contribution in [2.75, 3.05) is 0 Å². The molecule has 0 saturated carbocycles. The van der Waals surface area contributed by atoms with Crippen LogP contribution in [-0.4, -0.2) is 14.5 Å². The summed E-state index contributed by atoms with van der Waals surface area (Å²) < 4.78 is 2.33. The van der Waals surface area contributed by atoms with Crippen molar-refractivity contribution in [3.8, 4) is 39.6 Å². The summed E-state index contributed by atoms with van der Waals surface area (Å²) in [5.41, 5.74) is 9.39. The molecule has 2 aromatic heterocycles.